The molecule has 0 aromatic heterocycles. The van der Waals surface area contributed by atoms with E-state index in [1.54, 1.807) is 7.11 Å². The van der Waals surface area contributed by atoms with Crippen molar-refractivity contribution in [3.8, 4) is 11.5 Å². The predicted molar refractivity (Wildman–Crippen MR) is 165 cm³/mol. The normalized spacial score (nSPS) is 36.2. The Bertz CT molecular complexity index is 1270. The molecule has 9 nitrogen and oxygen atoms in total. The Balaban J connectivity index is 1.47. The van der Waals surface area contributed by atoms with Crippen LogP contribution < -0.4 is 9.47 Å². The van der Waals surface area contributed by atoms with E-state index in [9.17, 15) is 15.0 Å². The van der Waals surface area contributed by atoms with Crippen LogP contribution in [0.25, 0.3) is 0 Å². The summed E-state index contributed by atoms with van der Waals surface area (Å²) in [5.74, 6) is 1.47. The van der Waals surface area contributed by atoms with Gasteiger partial charge in [0.1, 0.15) is 11.7 Å². The topological polar surface area (TPSA) is 118 Å². The summed E-state index contributed by atoms with van der Waals surface area (Å²) < 4.78 is 24.8. The van der Waals surface area contributed by atoms with Gasteiger partial charge in [-0.25, -0.2) is 4.79 Å². The number of ether oxygens (including phenoxy) is 4. The van der Waals surface area contributed by atoms with E-state index in [4.69, 9.17) is 24.1 Å². The minimum Gasteiger partial charge on any atom is -0.482 e. The van der Waals surface area contributed by atoms with Gasteiger partial charge in [-0.2, -0.15) is 0 Å². The number of carbonyl (C=O) groups excluding carboxylic acids is 1. The minimum atomic E-state index is -1.06. The van der Waals surface area contributed by atoms with Gasteiger partial charge in [0.25, 0.3) is 0 Å². The van der Waals surface area contributed by atoms with Crippen molar-refractivity contribution in [3.63, 3.8) is 0 Å². The molecule has 6 rings (SSSR count). The van der Waals surface area contributed by atoms with Crippen molar-refractivity contribution >= 4 is 6.16 Å². The lowest BCUT2D eigenvalue weighted by atomic mass is 9.38. The first-order valence-corrected chi connectivity index (χ1v) is 16.7. The Morgan fingerprint density at radius 3 is 2.57 bits per heavy atom. The molecule has 1 spiro atoms. The molecule has 8 atom stereocenters. The van der Waals surface area contributed by atoms with Gasteiger partial charge in [0.05, 0.1) is 24.9 Å². The Hall–Kier alpha value is -1.91. The van der Waals surface area contributed by atoms with Gasteiger partial charge in [0.2, 0.25) is 0 Å². The summed E-state index contributed by atoms with van der Waals surface area (Å²) in [4.78, 5) is 15.5. The average molecular weight is 616 g/mol. The Labute approximate surface area is 262 Å². The molecule has 1 aromatic carbocycles. The van der Waals surface area contributed by atoms with E-state index in [1.165, 1.54) is 18.4 Å². The summed E-state index contributed by atoms with van der Waals surface area (Å²) in [5.41, 5.74) is -0.486. The molecule has 2 heterocycles. The summed E-state index contributed by atoms with van der Waals surface area (Å²) in [5, 5.41) is 31.2. The number of methoxy groups -OCH3 is 1. The van der Waals surface area contributed by atoms with Gasteiger partial charge in [0, 0.05) is 43.0 Å². The molecule has 2 unspecified atom stereocenters. The fraction of sp³-hybridized carbons (Fsp3) is 0.800. The van der Waals surface area contributed by atoms with Crippen molar-refractivity contribution in [1.82, 2.24) is 4.90 Å². The molecular formula is C35H53NO8. The third-order valence-electron chi connectivity index (χ3n) is 12.8. The maximum absolute atomic E-state index is 12.8. The van der Waals surface area contributed by atoms with Crippen LogP contribution in [0.15, 0.2) is 12.1 Å². The van der Waals surface area contributed by atoms with Gasteiger partial charge in [-0.15, -0.1) is 0 Å². The van der Waals surface area contributed by atoms with Crippen LogP contribution in [0.3, 0.4) is 0 Å². The van der Waals surface area contributed by atoms with Gasteiger partial charge in [-0.05, 0) is 80.4 Å². The molecule has 2 saturated carbocycles. The second-order valence-electron chi connectivity index (χ2n) is 15.7. The number of hydrogen-bond acceptors (Lipinski definition) is 9. The first kappa shape index (κ1) is 32.0. The molecule has 246 valence electrons. The molecule has 1 aromatic rings. The molecule has 2 bridgehead atoms. The zero-order valence-corrected chi connectivity index (χ0v) is 27.6. The third-order valence-corrected chi connectivity index (χ3v) is 12.8. The van der Waals surface area contributed by atoms with Crippen molar-refractivity contribution in [2.24, 2.45) is 22.7 Å². The van der Waals surface area contributed by atoms with Crippen LogP contribution in [0.1, 0.15) is 91.2 Å². The predicted octanol–water partition coefficient (Wildman–Crippen LogP) is 4.60. The van der Waals surface area contributed by atoms with Crippen molar-refractivity contribution < 1.29 is 39.1 Å². The number of likely N-dealkylation sites (tertiary alicyclic amines) is 1. The summed E-state index contributed by atoms with van der Waals surface area (Å²) >= 11 is 0. The SMILES string of the molecule is CCC1(OC)[C@@H]([C@](C)(O)C(C)(C)C)C[C@]2(C)[C@H]3Cc4ccc(OC(=O)OCCC(O)CO)c5c4[C@@]2(CCN3CC2CC2)[C@H]1O5. The smallest absolute Gasteiger partial charge is 0.482 e. The van der Waals surface area contributed by atoms with Gasteiger partial charge < -0.3 is 34.3 Å². The standard InChI is InChI=1S/C35H53NO8/c1-8-35(41-7)25(33(6,40)31(2,3)4)18-32(5)26-17-22-11-12-24(43-30(39)42-16-13-23(38)20-37)28-27(22)34(32,29(35)44-28)14-15-36(26)19-21-9-10-21/h11-12,21,23,25-26,29,37-38,40H,8-10,13-20H2,1-7H3/t23?,25-,26-,29-,32-,33+,34+,35?/m1/s1. The molecule has 3 aliphatic carbocycles. The van der Waals surface area contributed by atoms with Gasteiger partial charge >= 0.3 is 6.16 Å². The number of aliphatic hydroxyl groups is 3. The molecular weight excluding hydrogens is 562 g/mol. The second-order valence-corrected chi connectivity index (χ2v) is 15.7. The lowest BCUT2D eigenvalue weighted by molar-refractivity contribution is -0.277. The number of benzene rings is 1. The van der Waals surface area contributed by atoms with E-state index >= 15 is 0 Å². The largest absolute Gasteiger partial charge is 0.513 e. The first-order chi connectivity index (χ1) is 20.7. The van der Waals surface area contributed by atoms with E-state index in [-0.39, 0.29) is 35.9 Å². The highest BCUT2D eigenvalue weighted by atomic mass is 16.7. The van der Waals surface area contributed by atoms with Crippen molar-refractivity contribution in [2.75, 3.05) is 33.4 Å². The number of aliphatic hydroxyl groups excluding tert-OH is 2. The second kappa shape index (κ2) is 10.8. The van der Waals surface area contributed by atoms with Gasteiger partial charge in [0.15, 0.2) is 11.5 Å². The van der Waals surface area contributed by atoms with E-state index < -0.39 is 35.5 Å². The lowest BCUT2D eigenvalue weighted by Gasteiger charge is -2.71. The monoisotopic (exact) mass is 615 g/mol. The minimum absolute atomic E-state index is 0.0724. The molecule has 0 amide bonds. The number of rotatable bonds is 10. The van der Waals surface area contributed by atoms with Crippen LogP contribution in [0.5, 0.6) is 11.5 Å². The molecule has 5 aliphatic rings. The fourth-order valence-electron chi connectivity index (χ4n) is 9.65. The maximum atomic E-state index is 12.8. The van der Waals surface area contributed by atoms with Crippen LogP contribution >= 0.6 is 0 Å². The lowest BCUT2D eigenvalue weighted by Crippen LogP contribution is -2.79. The highest BCUT2D eigenvalue weighted by molar-refractivity contribution is 5.69. The first-order valence-electron chi connectivity index (χ1n) is 16.7. The molecule has 2 aliphatic heterocycles. The Morgan fingerprint density at radius 2 is 1.95 bits per heavy atom. The zero-order valence-electron chi connectivity index (χ0n) is 27.6. The quantitative estimate of drug-likeness (QED) is 0.256. The number of hydrogen-bond donors (Lipinski definition) is 3. The van der Waals surface area contributed by atoms with Crippen LogP contribution in [0.4, 0.5) is 4.79 Å². The molecule has 44 heavy (non-hydrogen) atoms. The third kappa shape index (κ3) is 4.47. The summed E-state index contributed by atoms with van der Waals surface area (Å²) in [6.45, 7) is 14.5. The van der Waals surface area contributed by atoms with Crippen LogP contribution in [-0.2, 0) is 21.3 Å². The van der Waals surface area contributed by atoms with Gasteiger partial charge in [-0.3, -0.25) is 4.90 Å². The number of nitrogens with zero attached hydrogens (tertiary/aromatic N) is 1. The molecule has 9 heteroatoms. The summed E-state index contributed by atoms with van der Waals surface area (Å²) in [6.07, 6.45) is 3.74. The summed E-state index contributed by atoms with van der Waals surface area (Å²) in [7, 11) is 1.76. The van der Waals surface area contributed by atoms with Crippen LogP contribution in [-0.4, -0.2) is 89.2 Å². The molecule has 3 fully saturated rings. The highest BCUT2D eigenvalue weighted by Gasteiger charge is 2.78. The Kier molecular flexibility index (Phi) is 7.89. The van der Waals surface area contributed by atoms with E-state index in [1.807, 2.05) is 13.0 Å². The van der Waals surface area contributed by atoms with Crippen LogP contribution in [0.2, 0.25) is 0 Å². The Morgan fingerprint density at radius 1 is 1.23 bits per heavy atom. The number of carbonyl (C=O) groups is 1. The van der Waals surface area contributed by atoms with Crippen molar-refractivity contribution in [2.45, 2.75) is 121 Å². The average Bonchev–Trinajstić information content (AvgIpc) is 3.71. The molecule has 3 N–H and O–H groups in total. The van der Waals surface area contributed by atoms with Crippen molar-refractivity contribution in [3.05, 3.63) is 23.3 Å². The zero-order chi connectivity index (χ0) is 31.9. The molecule has 1 saturated heterocycles. The molecule has 0 radical (unpaired) electrons. The van der Waals surface area contributed by atoms with Crippen molar-refractivity contribution in [1.29, 1.82) is 0 Å². The fourth-order valence-corrected chi connectivity index (χ4v) is 9.65. The highest BCUT2D eigenvalue weighted by Crippen LogP contribution is 2.73. The number of piperidine rings is 1. The maximum Gasteiger partial charge on any atom is 0.513 e. The van der Waals surface area contributed by atoms with E-state index in [0.717, 1.165) is 43.8 Å². The van der Waals surface area contributed by atoms with Crippen LogP contribution in [0, 0.1) is 22.7 Å². The van der Waals surface area contributed by atoms with E-state index in [0.29, 0.717) is 24.0 Å². The van der Waals surface area contributed by atoms with Gasteiger partial charge in [-0.1, -0.05) is 40.7 Å². The summed E-state index contributed by atoms with van der Waals surface area (Å²) in [6, 6.07) is 4.20. The van der Waals surface area contributed by atoms with E-state index in [2.05, 4.69) is 45.6 Å².